The topological polar surface area (TPSA) is 57.6 Å². The van der Waals surface area contributed by atoms with Crippen LogP contribution in [0.2, 0.25) is 5.02 Å². The van der Waals surface area contributed by atoms with E-state index >= 15 is 0 Å². The summed E-state index contributed by atoms with van der Waals surface area (Å²) >= 11 is 5.47. The molecule has 0 saturated carbocycles. The smallest absolute Gasteiger partial charge is 0.331 e. The Morgan fingerprint density at radius 3 is 2.69 bits per heavy atom. The standard InChI is InChI=1S/C10H9ClFNO3/c1-13(5-14)9(10(15)16)6-2-3-7(11)8(12)4-6/h2-5,9H,1H3,(H,15,16). The zero-order chi connectivity index (χ0) is 12.3. The van der Waals surface area contributed by atoms with Crippen molar-refractivity contribution in [3.63, 3.8) is 0 Å². The van der Waals surface area contributed by atoms with Gasteiger partial charge in [0, 0.05) is 7.05 Å². The summed E-state index contributed by atoms with van der Waals surface area (Å²) in [6, 6.07) is 2.40. The molecule has 16 heavy (non-hydrogen) atoms. The molecule has 1 rings (SSSR count). The highest BCUT2D eigenvalue weighted by molar-refractivity contribution is 6.30. The maximum Gasteiger partial charge on any atom is 0.331 e. The van der Waals surface area contributed by atoms with Gasteiger partial charge in [-0.3, -0.25) is 4.79 Å². The summed E-state index contributed by atoms with van der Waals surface area (Å²) in [5.74, 6) is -1.96. The molecule has 0 heterocycles. The molecule has 0 radical (unpaired) electrons. The fourth-order valence-corrected chi connectivity index (χ4v) is 1.41. The van der Waals surface area contributed by atoms with Crippen LogP contribution in [-0.2, 0) is 9.59 Å². The van der Waals surface area contributed by atoms with Crippen LogP contribution in [0.15, 0.2) is 18.2 Å². The van der Waals surface area contributed by atoms with Crippen LogP contribution < -0.4 is 0 Å². The molecule has 1 N–H and O–H groups in total. The summed E-state index contributed by atoms with van der Waals surface area (Å²) in [6.07, 6.45) is 0.366. The summed E-state index contributed by atoms with van der Waals surface area (Å²) < 4.78 is 13.1. The molecule has 4 nitrogen and oxygen atoms in total. The van der Waals surface area contributed by atoms with Crippen molar-refractivity contribution in [1.82, 2.24) is 4.90 Å². The van der Waals surface area contributed by atoms with Crippen molar-refractivity contribution in [2.75, 3.05) is 7.05 Å². The maximum absolute atomic E-state index is 13.1. The molecule has 1 aromatic rings. The van der Waals surface area contributed by atoms with E-state index in [0.717, 1.165) is 11.0 Å². The van der Waals surface area contributed by atoms with E-state index in [-0.39, 0.29) is 10.6 Å². The number of halogens is 2. The Morgan fingerprint density at radius 2 is 2.25 bits per heavy atom. The van der Waals surface area contributed by atoms with Gasteiger partial charge in [0.05, 0.1) is 5.02 Å². The first kappa shape index (κ1) is 12.4. The number of carbonyl (C=O) groups is 2. The van der Waals surface area contributed by atoms with Gasteiger partial charge >= 0.3 is 5.97 Å². The number of rotatable bonds is 4. The number of carboxylic acid groups (broad SMARTS) is 1. The Balaban J connectivity index is 3.16. The first-order valence-corrected chi connectivity index (χ1v) is 4.70. The van der Waals surface area contributed by atoms with Gasteiger partial charge in [-0.2, -0.15) is 0 Å². The largest absolute Gasteiger partial charge is 0.479 e. The molecule has 1 atom stereocenters. The molecule has 1 unspecified atom stereocenters. The number of hydrogen-bond donors (Lipinski definition) is 1. The van der Waals surface area contributed by atoms with Crippen LogP contribution in [0, 0.1) is 5.82 Å². The summed E-state index contributed by atoms with van der Waals surface area (Å²) in [5.41, 5.74) is 0.156. The van der Waals surface area contributed by atoms with Gasteiger partial charge in [-0.05, 0) is 17.7 Å². The van der Waals surface area contributed by atoms with Gasteiger partial charge in [0.15, 0.2) is 6.04 Å². The molecule has 0 bridgehead atoms. The van der Waals surface area contributed by atoms with Crippen molar-refractivity contribution in [3.05, 3.63) is 34.6 Å². The first-order chi connectivity index (χ1) is 7.47. The molecular formula is C10H9ClFNO3. The normalized spacial score (nSPS) is 11.9. The monoisotopic (exact) mass is 245 g/mol. The second-order valence-corrected chi connectivity index (χ2v) is 3.59. The minimum atomic E-state index is -1.24. The van der Waals surface area contributed by atoms with E-state index in [0.29, 0.717) is 6.41 Å². The van der Waals surface area contributed by atoms with Gasteiger partial charge in [-0.15, -0.1) is 0 Å². The SMILES string of the molecule is CN(C=O)C(C(=O)O)c1ccc(Cl)c(F)c1. The van der Waals surface area contributed by atoms with Crippen LogP contribution in [0.4, 0.5) is 4.39 Å². The average molecular weight is 246 g/mol. The number of hydrogen-bond acceptors (Lipinski definition) is 2. The van der Waals surface area contributed by atoms with Crippen molar-refractivity contribution in [3.8, 4) is 0 Å². The molecule has 0 aliphatic carbocycles. The third-order valence-electron chi connectivity index (χ3n) is 2.07. The second kappa shape index (κ2) is 4.94. The molecule has 0 aliphatic rings. The molecule has 0 aliphatic heterocycles. The predicted molar refractivity (Wildman–Crippen MR) is 55.6 cm³/mol. The van der Waals surface area contributed by atoms with Crippen LogP contribution in [0.1, 0.15) is 11.6 Å². The van der Waals surface area contributed by atoms with Crippen molar-refractivity contribution >= 4 is 24.0 Å². The van der Waals surface area contributed by atoms with Crippen molar-refractivity contribution in [2.24, 2.45) is 0 Å². The minimum Gasteiger partial charge on any atom is -0.479 e. The van der Waals surface area contributed by atoms with Gasteiger partial charge in [0.25, 0.3) is 0 Å². The van der Waals surface area contributed by atoms with Crippen LogP contribution in [0.25, 0.3) is 0 Å². The quantitative estimate of drug-likeness (QED) is 0.822. The van der Waals surface area contributed by atoms with Crippen LogP contribution in [-0.4, -0.2) is 29.4 Å². The third kappa shape index (κ3) is 2.49. The van der Waals surface area contributed by atoms with Gasteiger partial charge in [-0.25, -0.2) is 9.18 Å². The van der Waals surface area contributed by atoms with E-state index in [9.17, 15) is 14.0 Å². The first-order valence-electron chi connectivity index (χ1n) is 4.32. The third-order valence-corrected chi connectivity index (χ3v) is 2.37. The lowest BCUT2D eigenvalue weighted by Gasteiger charge is -2.20. The Labute approximate surface area is 96.2 Å². The lowest BCUT2D eigenvalue weighted by molar-refractivity contribution is -0.145. The fraction of sp³-hybridized carbons (Fsp3) is 0.200. The van der Waals surface area contributed by atoms with E-state index in [2.05, 4.69) is 0 Å². The molecule has 0 saturated heterocycles. The van der Waals surface area contributed by atoms with E-state index in [1.165, 1.54) is 19.2 Å². The average Bonchev–Trinajstić information content (AvgIpc) is 2.22. The zero-order valence-electron chi connectivity index (χ0n) is 8.35. The molecular weight excluding hydrogens is 237 g/mol. The number of carbonyl (C=O) groups excluding carboxylic acids is 1. The Morgan fingerprint density at radius 1 is 1.62 bits per heavy atom. The van der Waals surface area contributed by atoms with Crippen LogP contribution >= 0.6 is 11.6 Å². The van der Waals surface area contributed by atoms with E-state index in [4.69, 9.17) is 16.7 Å². The number of aliphatic carboxylic acids is 1. The number of likely N-dealkylation sites (N-methyl/N-ethyl adjacent to an activating group) is 1. The molecule has 1 amide bonds. The van der Waals surface area contributed by atoms with E-state index in [1.807, 2.05) is 0 Å². The number of nitrogens with zero attached hydrogens (tertiary/aromatic N) is 1. The summed E-state index contributed by atoms with van der Waals surface area (Å²) in [7, 11) is 1.30. The van der Waals surface area contributed by atoms with Crippen LogP contribution in [0.5, 0.6) is 0 Å². The minimum absolute atomic E-state index is 0.0957. The van der Waals surface area contributed by atoms with Crippen molar-refractivity contribution in [1.29, 1.82) is 0 Å². The lowest BCUT2D eigenvalue weighted by atomic mass is 10.1. The zero-order valence-corrected chi connectivity index (χ0v) is 9.11. The van der Waals surface area contributed by atoms with Gasteiger partial charge in [-0.1, -0.05) is 17.7 Å². The molecule has 0 spiro atoms. The van der Waals surface area contributed by atoms with Crippen molar-refractivity contribution in [2.45, 2.75) is 6.04 Å². The highest BCUT2D eigenvalue weighted by atomic mass is 35.5. The Kier molecular flexibility index (Phi) is 3.84. The summed E-state index contributed by atoms with van der Waals surface area (Å²) in [6.45, 7) is 0. The maximum atomic E-state index is 13.1. The molecule has 1 aromatic carbocycles. The molecule has 0 aromatic heterocycles. The lowest BCUT2D eigenvalue weighted by Crippen LogP contribution is -2.29. The van der Waals surface area contributed by atoms with Gasteiger partial charge < -0.3 is 10.0 Å². The number of carboxylic acids is 1. The molecule has 0 fully saturated rings. The summed E-state index contributed by atoms with van der Waals surface area (Å²) in [5, 5.41) is 8.84. The molecule has 6 heteroatoms. The van der Waals surface area contributed by atoms with E-state index < -0.39 is 17.8 Å². The number of benzene rings is 1. The number of amides is 1. The highest BCUT2D eigenvalue weighted by Crippen LogP contribution is 2.23. The Bertz CT molecular complexity index is 425. The Hall–Kier alpha value is -1.62. The van der Waals surface area contributed by atoms with Gasteiger partial charge in [0.2, 0.25) is 6.41 Å². The van der Waals surface area contributed by atoms with Crippen molar-refractivity contribution < 1.29 is 19.1 Å². The summed E-state index contributed by atoms with van der Waals surface area (Å²) in [4.78, 5) is 22.4. The van der Waals surface area contributed by atoms with E-state index in [1.54, 1.807) is 0 Å². The van der Waals surface area contributed by atoms with Crippen LogP contribution in [0.3, 0.4) is 0 Å². The molecule has 86 valence electrons. The predicted octanol–water partition coefficient (Wildman–Crippen LogP) is 1.69. The fourth-order valence-electron chi connectivity index (χ4n) is 1.30. The highest BCUT2D eigenvalue weighted by Gasteiger charge is 2.24. The second-order valence-electron chi connectivity index (χ2n) is 3.19. The van der Waals surface area contributed by atoms with Gasteiger partial charge in [0.1, 0.15) is 5.82 Å².